The molecule has 0 aliphatic rings. The first kappa shape index (κ1) is 25.2. The van der Waals surface area contributed by atoms with Crippen LogP contribution in [0.5, 0.6) is 0 Å². The lowest BCUT2D eigenvalue weighted by atomic mass is 9.85. The van der Waals surface area contributed by atoms with Gasteiger partial charge in [0.2, 0.25) is 0 Å². The third-order valence-electron chi connectivity index (χ3n) is 8.57. The first-order chi connectivity index (χ1) is 21.2. The maximum Gasteiger partial charge on any atom is 0.0701 e. The van der Waals surface area contributed by atoms with Crippen LogP contribution in [0.15, 0.2) is 158 Å². The van der Waals surface area contributed by atoms with E-state index in [4.69, 9.17) is 0 Å². The summed E-state index contributed by atoms with van der Waals surface area (Å²) in [6, 6.07) is 55.0. The van der Waals surface area contributed by atoms with Crippen LogP contribution in [0.3, 0.4) is 0 Å². The van der Waals surface area contributed by atoms with E-state index in [9.17, 15) is 0 Å². The third-order valence-corrected chi connectivity index (χ3v) is 8.57. The molecule has 0 atom stereocenters. The van der Waals surface area contributed by atoms with Crippen molar-refractivity contribution in [3.8, 4) is 44.6 Å². The fraction of sp³-hybridized carbons (Fsp3) is 0.0238. The van der Waals surface area contributed by atoms with Crippen molar-refractivity contribution in [2.24, 2.45) is 0 Å². The molecular weight excluding hydrogens is 518 g/mol. The Kier molecular flexibility index (Phi) is 6.09. The Hall–Kier alpha value is -5.53. The van der Waals surface area contributed by atoms with Crippen LogP contribution in [-0.2, 0) is 0 Å². The second-order valence-electron chi connectivity index (χ2n) is 11.3. The van der Waals surface area contributed by atoms with E-state index < -0.39 is 0 Å². The summed E-state index contributed by atoms with van der Waals surface area (Å²) in [5.74, 6) is 0. The van der Waals surface area contributed by atoms with E-state index in [0.717, 1.165) is 11.3 Å². The van der Waals surface area contributed by atoms with Gasteiger partial charge in [0.25, 0.3) is 0 Å². The van der Waals surface area contributed by atoms with Gasteiger partial charge in [0.05, 0.1) is 5.69 Å². The first-order valence-corrected chi connectivity index (χ1v) is 14.8. The third kappa shape index (κ3) is 4.47. The van der Waals surface area contributed by atoms with E-state index in [1.807, 2.05) is 24.4 Å². The largest absolute Gasteiger partial charge is 0.256 e. The van der Waals surface area contributed by atoms with Crippen LogP contribution in [0.4, 0.5) is 0 Å². The Labute approximate surface area is 251 Å². The van der Waals surface area contributed by atoms with E-state index in [1.165, 1.54) is 71.3 Å². The lowest BCUT2D eigenvalue weighted by Crippen LogP contribution is -1.91. The molecule has 0 bridgehead atoms. The molecule has 0 N–H and O–H groups in total. The van der Waals surface area contributed by atoms with Crippen LogP contribution in [0.25, 0.3) is 77.0 Å². The number of hydrogen-bond acceptors (Lipinski definition) is 1. The van der Waals surface area contributed by atoms with E-state index >= 15 is 0 Å². The van der Waals surface area contributed by atoms with Gasteiger partial charge in [0.1, 0.15) is 0 Å². The van der Waals surface area contributed by atoms with Crippen molar-refractivity contribution in [3.63, 3.8) is 0 Å². The average Bonchev–Trinajstić information content (AvgIpc) is 3.07. The number of rotatable bonds is 4. The zero-order valence-electron chi connectivity index (χ0n) is 24.0. The zero-order valence-corrected chi connectivity index (χ0v) is 24.0. The van der Waals surface area contributed by atoms with Gasteiger partial charge in [-0.05, 0) is 90.8 Å². The molecule has 0 aliphatic heterocycles. The second-order valence-corrected chi connectivity index (χ2v) is 11.3. The molecule has 0 aliphatic carbocycles. The maximum atomic E-state index is 4.49. The van der Waals surface area contributed by atoms with E-state index in [2.05, 4.69) is 145 Å². The van der Waals surface area contributed by atoms with Crippen molar-refractivity contribution in [1.29, 1.82) is 0 Å². The molecule has 0 saturated carbocycles. The highest BCUT2D eigenvalue weighted by molar-refractivity contribution is 6.21. The fourth-order valence-corrected chi connectivity index (χ4v) is 6.47. The summed E-state index contributed by atoms with van der Waals surface area (Å²) in [7, 11) is 0. The molecule has 8 aromatic rings. The number of aromatic nitrogens is 1. The number of fused-ring (bicyclic) bond motifs is 3. The topological polar surface area (TPSA) is 12.9 Å². The molecule has 0 amide bonds. The summed E-state index contributed by atoms with van der Waals surface area (Å²) < 4.78 is 0. The Balaban J connectivity index is 1.26. The molecule has 0 unspecified atom stereocenters. The van der Waals surface area contributed by atoms with Crippen molar-refractivity contribution in [2.75, 3.05) is 0 Å². The molecule has 1 heterocycles. The lowest BCUT2D eigenvalue weighted by molar-refractivity contribution is 1.33. The van der Waals surface area contributed by atoms with E-state index in [-0.39, 0.29) is 0 Å². The molecule has 202 valence electrons. The number of nitrogens with zero attached hydrogens (tertiary/aromatic N) is 1. The van der Waals surface area contributed by atoms with Gasteiger partial charge in [-0.1, -0.05) is 139 Å². The average molecular weight is 548 g/mol. The molecule has 7 aromatic carbocycles. The molecule has 1 nitrogen and oxygen atoms in total. The van der Waals surface area contributed by atoms with Crippen LogP contribution in [-0.4, -0.2) is 4.98 Å². The van der Waals surface area contributed by atoms with Gasteiger partial charge in [-0.15, -0.1) is 0 Å². The maximum absolute atomic E-state index is 4.49. The minimum atomic E-state index is 0.991. The van der Waals surface area contributed by atoms with Gasteiger partial charge < -0.3 is 0 Å². The predicted molar refractivity (Wildman–Crippen MR) is 183 cm³/mol. The fourth-order valence-electron chi connectivity index (χ4n) is 6.47. The highest BCUT2D eigenvalue weighted by Crippen LogP contribution is 2.44. The number of benzene rings is 7. The van der Waals surface area contributed by atoms with Gasteiger partial charge >= 0.3 is 0 Å². The highest BCUT2D eigenvalue weighted by Gasteiger charge is 2.17. The van der Waals surface area contributed by atoms with Gasteiger partial charge in [-0.25, -0.2) is 0 Å². The summed E-state index contributed by atoms with van der Waals surface area (Å²) in [4.78, 5) is 4.49. The quantitative estimate of drug-likeness (QED) is 0.200. The SMILES string of the molecule is Cc1ccc2ccc(-c3c4ccccc4c(-c4ccc(-c5ccc(-c6ccccn6)cc5)cc4)c4ccccc34)cc2c1. The Morgan fingerprint density at radius 2 is 0.860 bits per heavy atom. The van der Waals surface area contributed by atoms with Gasteiger partial charge in [0.15, 0.2) is 0 Å². The zero-order chi connectivity index (χ0) is 28.8. The van der Waals surface area contributed by atoms with Crippen LogP contribution >= 0.6 is 0 Å². The predicted octanol–water partition coefficient (Wildman–Crippen LogP) is 11.5. The van der Waals surface area contributed by atoms with Crippen molar-refractivity contribution in [3.05, 3.63) is 163 Å². The first-order valence-electron chi connectivity index (χ1n) is 14.8. The molecule has 8 rings (SSSR count). The minimum Gasteiger partial charge on any atom is -0.256 e. The number of pyridine rings is 1. The minimum absolute atomic E-state index is 0.991. The van der Waals surface area contributed by atoms with E-state index in [1.54, 1.807) is 0 Å². The summed E-state index contributed by atoms with van der Waals surface area (Å²) in [5, 5.41) is 7.64. The van der Waals surface area contributed by atoms with Gasteiger partial charge in [-0.2, -0.15) is 0 Å². The van der Waals surface area contributed by atoms with Crippen LogP contribution < -0.4 is 0 Å². The number of hydrogen-bond donors (Lipinski definition) is 0. The molecule has 1 aromatic heterocycles. The van der Waals surface area contributed by atoms with Crippen molar-refractivity contribution in [2.45, 2.75) is 6.92 Å². The standard InChI is InChI=1S/C42H29N/c1-28-13-14-31-19-24-34(27-35(31)26-28)42-38-10-4-2-8-36(38)41(37-9-3-5-11-39(37)42)33-22-17-30(18-23-33)29-15-20-32(21-16-29)40-12-6-7-25-43-40/h2-27H,1H3. The second kappa shape index (κ2) is 10.4. The summed E-state index contributed by atoms with van der Waals surface area (Å²) >= 11 is 0. The Morgan fingerprint density at radius 1 is 0.372 bits per heavy atom. The molecule has 1 heteroatoms. The molecule has 0 radical (unpaired) electrons. The van der Waals surface area contributed by atoms with Crippen molar-refractivity contribution >= 4 is 32.3 Å². The normalized spacial score (nSPS) is 11.4. The van der Waals surface area contributed by atoms with Crippen molar-refractivity contribution in [1.82, 2.24) is 4.98 Å². The summed E-state index contributed by atoms with van der Waals surface area (Å²) in [6.45, 7) is 2.16. The van der Waals surface area contributed by atoms with Crippen LogP contribution in [0.1, 0.15) is 5.56 Å². The number of aryl methyl sites for hydroxylation is 1. The molecule has 0 spiro atoms. The van der Waals surface area contributed by atoms with Crippen molar-refractivity contribution < 1.29 is 0 Å². The Morgan fingerprint density at radius 3 is 1.44 bits per heavy atom. The summed E-state index contributed by atoms with van der Waals surface area (Å²) in [6.07, 6.45) is 1.84. The summed E-state index contributed by atoms with van der Waals surface area (Å²) in [5.41, 5.74) is 10.8. The Bertz CT molecular complexity index is 2200. The van der Waals surface area contributed by atoms with Crippen LogP contribution in [0, 0.1) is 6.92 Å². The molecule has 43 heavy (non-hydrogen) atoms. The smallest absolute Gasteiger partial charge is 0.0701 e. The molecule has 0 fully saturated rings. The highest BCUT2D eigenvalue weighted by atomic mass is 14.7. The van der Waals surface area contributed by atoms with Crippen LogP contribution in [0.2, 0.25) is 0 Å². The molecular formula is C42H29N. The molecule has 0 saturated heterocycles. The monoisotopic (exact) mass is 547 g/mol. The van der Waals surface area contributed by atoms with E-state index in [0.29, 0.717) is 0 Å². The lowest BCUT2D eigenvalue weighted by Gasteiger charge is -2.18. The van der Waals surface area contributed by atoms with Gasteiger partial charge in [0, 0.05) is 11.8 Å². The van der Waals surface area contributed by atoms with Gasteiger partial charge in [-0.3, -0.25) is 4.98 Å².